The number of aromatic nitrogens is 5. The molecule has 4 heterocycles. The van der Waals surface area contributed by atoms with E-state index in [0.29, 0.717) is 11.7 Å². The van der Waals surface area contributed by atoms with Crippen LogP contribution in [0.3, 0.4) is 0 Å². The monoisotopic (exact) mass is 358 g/mol. The van der Waals surface area contributed by atoms with Crippen LogP contribution in [0, 0.1) is 6.92 Å². The van der Waals surface area contributed by atoms with Gasteiger partial charge in [-0.3, -0.25) is 9.88 Å². The summed E-state index contributed by atoms with van der Waals surface area (Å²) >= 11 is 0. The van der Waals surface area contributed by atoms with Crippen molar-refractivity contribution >= 4 is 16.6 Å². The maximum Gasteiger partial charge on any atom is 0.252 e. The Balaban J connectivity index is 1.39. The number of fused-ring (bicyclic) bond motifs is 2. The van der Waals surface area contributed by atoms with Gasteiger partial charge >= 0.3 is 0 Å². The van der Waals surface area contributed by atoms with Gasteiger partial charge in [0.15, 0.2) is 0 Å². The van der Waals surface area contributed by atoms with Gasteiger partial charge in [0.25, 0.3) is 5.78 Å². The van der Waals surface area contributed by atoms with E-state index in [-0.39, 0.29) is 0 Å². The second-order valence-electron chi connectivity index (χ2n) is 7.43. The summed E-state index contributed by atoms with van der Waals surface area (Å²) < 4.78 is 1.91. The molecule has 1 aliphatic heterocycles. The second-order valence-corrected chi connectivity index (χ2v) is 7.43. The second kappa shape index (κ2) is 6.70. The molecule has 1 unspecified atom stereocenters. The Labute approximate surface area is 157 Å². The summed E-state index contributed by atoms with van der Waals surface area (Å²) in [5.41, 5.74) is 3.57. The van der Waals surface area contributed by atoms with Crippen LogP contribution in [0.25, 0.3) is 16.6 Å². The summed E-state index contributed by atoms with van der Waals surface area (Å²) in [5, 5.41) is 6.84. The molecule has 27 heavy (non-hydrogen) atoms. The van der Waals surface area contributed by atoms with Crippen LogP contribution in [-0.2, 0) is 6.54 Å². The van der Waals surface area contributed by atoms with Crippen LogP contribution in [0.5, 0.6) is 0 Å². The Morgan fingerprint density at radius 2 is 2.11 bits per heavy atom. The molecule has 136 valence electrons. The zero-order valence-corrected chi connectivity index (χ0v) is 15.4. The number of piperidine rings is 1. The third-order valence-corrected chi connectivity index (χ3v) is 5.44. The van der Waals surface area contributed by atoms with E-state index in [9.17, 15) is 0 Å². The van der Waals surface area contributed by atoms with E-state index in [2.05, 4.69) is 55.3 Å². The molecular weight excluding hydrogens is 336 g/mol. The zero-order valence-electron chi connectivity index (χ0n) is 15.4. The Hall–Kier alpha value is -2.86. The first kappa shape index (κ1) is 16.3. The van der Waals surface area contributed by atoms with Crippen LogP contribution < -0.4 is 0 Å². The van der Waals surface area contributed by atoms with Gasteiger partial charge in [-0.15, -0.1) is 0 Å². The minimum Gasteiger partial charge on any atom is -0.298 e. The highest BCUT2D eigenvalue weighted by Crippen LogP contribution is 2.28. The summed E-state index contributed by atoms with van der Waals surface area (Å²) in [5.74, 6) is 1.15. The number of aryl methyl sites for hydroxylation is 1. The van der Waals surface area contributed by atoms with Crippen molar-refractivity contribution in [2.75, 3.05) is 13.1 Å². The van der Waals surface area contributed by atoms with E-state index >= 15 is 0 Å². The average molecular weight is 358 g/mol. The molecule has 0 spiro atoms. The highest BCUT2D eigenvalue weighted by atomic mass is 15.3. The smallest absolute Gasteiger partial charge is 0.252 e. The molecule has 5 rings (SSSR count). The molecule has 3 aromatic heterocycles. The van der Waals surface area contributed by atoms with Crippen molar-refractivity contribution in [3.05, 3.63) is 66.0 Å². The van der Waals surface area contributed by atoms with Crippen molar-refractivity contribution in [1.29, 1.82) is 0 Å². The zero-order chi connectivity index (χ0) is 18.2. The summed E-state index contributed by atoms with van der Waals surface area (Å²) in [7, 11) is 0. The highest BCUT2D eigenvalue weighted by Gasteiger charge is 2.24. The molecule has 6 nitrogen and oxygen atoms in total. The van der Waals surface area contributed by atoms with Crippen molar-refractivity contribution < 1.29 is 0 Å². The third-order valence-electron chi connectivity index (χ3n) is 5.44. The molecule has 1 aromatic carbocycles. The van der Waals surface area contributed by atoms with Crippen molar-refractivity contribution in [2.45, 2.75) is 32.2 Å². The molecule has 4 aromatic rings. The Morgan fingerprint density at radius 3 is 3.07 bits per heavy atom. The van der Waals surface area contributed by atoms with Gasteiger partial charge in [0.1, 0.15) is 6.33 Å². The lowest BCUT2D eigenvalue weighted by molar-refractivity contribution is 0.197. The maximum absolute atomic E-state index is 4.48. The molecule has 0 N–H and O–H groups in total. The number of likely N-dealkylation sites (tertiary alicyclic amines) is 1. The van der Waals surface area contributed by atoms with Gasteiger partial charge in [0.05, 0.1) is 5.69 Å². The lowest BCUT2D eigenvalue weighted by atomic mass is 9.93. The number of pyridine rings is 1. The van der Waals surface area contributed by atoms with Gasteiger partial charge in [-0.25, -0.2) is 9.50 Å². The predicted molar refractivity (Wildman–Crippen MR) is 105 cm³/mol. The van der Waals surface area contributed by atoms with E-state index in [4.69, 9.17) is 0 Å². The topological polar surface area (TPSA) is 59.2 Å². The Bertz CT molecular complexity index is 1100. The Morgan fingerprint density at radius 1 is 1.15 bits per heavy atom. The maximum atomic E-state index is 4.48. The largest absolute Gasteiger partial charge is 0.298 e. The number of nitrogens with zero attached hydrogens (tertiary/aromatic N) is 6. The van der Waals surface area contributed by atoms with Crippen LogP contribution in [0.1, 0.15) is 35.7 Å². The van der Waals surface area contributed by atoms with Gasteiger partial charge in [-0.1, -0.05) is 12.1 Å². The molecule has 0 amide bonds. The van der Waals surface area contributed by atoms with Crippen molar-refractivity contribution in [3.8, 4) is 0 Å². The fourth-order valence-electron chi connectivity index (χ4n) is 4.18. The molecule has 1 atom stereocenters. The van der Waals surface area contributed by atoms with Crippen LogP contribution in [0.4, 0.5) is 0 Å². The first-order valence-corrected chi connectivity index (χ1v) is 9.48. The predicted octanol–water partition coefficient (Wildman–Crippen LogP) is 3.36. The SMILES string of the molecule is Cc1cc(C2CCCN(Cc3ccc4ccncc4c3)C2)n2ncnc2n1. The quantitative estimate of drug-likeness (QED) is 0.562. The first-order chi connectivity index (χ1) is 13.3. The lowest BCUT2D eigenvalue weighted by Gasteiger charge is -2.33. The first-order valence-electron chi connectivity index (χ1n) is 9.48. The highest BCUT2D eigenvalue weighted by molar-refractivity contribution is 5.81. The number of hydrogen-bond donors (Lipinski definition) is 0. The number of hydrogen-bond acceptors (Lipinski definition) is 5. The minimum atomic E-state index is 0.451. The van der Waals surface area contributed by atoms with E-state index in [1.807, 2.05) is 23.8 Å². The number of rotatable bonds is 3. The molecule has 0 bridgehead atoms. The van der Waals surface area contributed by atoms with Crippen LogP contribution >= 0.6 is 0 Å². The van der Waals surface area contributed by atoms with Crippen molar-refractivity contribution in [1.82, 2.24) is 29.5 Å². The third kappa shape index (κ3) is 3.17. The standard InChI is InChI=1S/C21H22N6/c1-15-9-20(27-21(25-15)23-14-24-27)18-3-2-8-26(13-18)12-16-4-5-17-6-7-22-11-19(17)10-16/h4-7,9-11,14,18H,2-3,8,12-13H2,1H3. The van der Waals surface area contributed by atoms with E-state index in [1.165, 1.54) is 34.9 Å². The molecule has 0 aliphatic carbocycles. The van der Waals surface area contributed by atoms with Gasteiger partial charge in [-0.2, -0.15) is 10.1 Å². The summed E-state index contributed by atoms with van der Waals surface area (Å²) in [4.78, 5) is 15.5. The molecule has 0 radical (unpaired) electrons. The summed E-state index contributed by atoms with van der Waals surface area (Å²) in [6, 6.07) is 10.9. The van der Waals surface area contributed by atoms with Crippen molar-refractivity contribution in [2.24, 2.45) is 0 Å². The van der Waals surface area contributed by atoms with Crippen LogP contribution in [0.2, 0.25) is 0 Å². The lowest BCUT2D eigenvalue weighted by Crippen LogP contribution is -2.34. The van der Waals surface area contributed by atoms with Crippen molar-refractivity contribution in [3.63, 3.8) is 0 Å². The van der Waals surface area contributed by atoms with Gasteiger partial charge < -0.3 is 0 Å². The van der Waals surface area contributed by atoms with E-state index in [1.54, 1.807) is 6.33 Å². The minimum absolute atomic E-state index is 0.451. The van der Waals surface area contributed by atoms with Gasteiger partial charge in [-0.05, 0) is 55.5 Å². The summed E-state index contributed by atoms with van der Waals surface area (Å²) in [6.45, 7) is 5.16. The molecule has 1 saturated heterocycles. The van der Waals surface area contributed by atoms with Crippen LogP contribution in [0.15, 0.2) is 49.1 Å². The number of benzene rings is 1. The fraction of sp³-hybridized carbons (Fsp3) is 0.333. The van der Waals surface area contributed by atoms with Crippen LogP contribution in [-0.4, -0.2) is 42.6 Å². The Kier molecular flexibility index (Phi) is 4.05. The van der Waals surface area contributed by atoms with E-state index in [0.717, 1.165) is 25.3 Å². The van der Waals surface area contributed by atoms with E-state index < -0.39 is 0 Å². The van der Waals surface area contributed by atoms with Gasteiger partial charge in [0.2, 0.25) is 0 Å². The van der Waals surface area contributed by atoms with Gasteiger partial charge in [0, 0.05) is 42.5 Å². The molecular formula is C21H22N6. The normalized spacial score (nSPS) is 18.3. The molecule has 1 fully saturated rings. The molecule has 1 aliphatic rings. The molecule has 0 saturated carbocycles. The molecule has 6 heteroatoms. The summed E-state index contributed by atoms with van der Waals surface area (Å²) in [6.07, 6.45) is 7.75. The average Bonchev–Trinajstić information content (AvgIpc) is 3.16. The fourth-order valence-corrected chi connectivity index (χ4v) is 4.18.